The Balaban J connectivity index is 2.95. The normalized spacial score (nSPS) is 16.6. The fourth-order valence-electron chi connectivity index (χ4n) is 1.28. The van der Waals surface area contributed by atoms with Crippen molar-refractivity contribution in [2.24, 2.45) is 5.73 Å². The minimum atomic E-state index is -0.531. The molecule has 1 aromatic rings. The Morgan fingerprint density at radius 2 is 1.94 bits per heavy atom. The van der Waals surface area contributed by atoms with Crippen LogP contribution in [0.3, 0.4) is 0 Å². The van der Waals surface area contributed by atoms with Gasteiger partial charge in [0.05, 0.1) is 6.10 Å². The first-order valence-corrected chi connectivity index (χ1v) is 5.69. The smallest absolute Gasteiger partial charge is 0.124 e. The van der Waals surface area contributed by atoms with Gasteiger partial charge in [-0.2, -0.15) is 0 Å². The van der Waals surface area contributed by atoms with E-state index in [9.17, 15) is 5.11 Å². The van der Waals surface area contributed by atoms with Gasteiger partial charge in [0.2, 0.25) is 0 Å². The molecule has 3 atom stereocenters. The van der Waals surface area contributed by atoms with Crippen LogP contribution in [0, 0.1) is 0 Å². The summed E-state index contributed by atoms with van der Waals surface area (Å²) >= 11 is 5.90. The lowest BCUT2D eigenvalue weighted by molar-refractivity contribution is 0.0596. The molecule has 90 valence electrons. The molecule has 0 aliphatic carbocycles. The Morgan fingerprint density at radius 1 is 1.31 bits per heavy atom. The molecule has 1 rings (SSSR count). The van der Waals surface area contributed by atoms with Gasteiger partial charge in [0.1, 0.15) is 11.9 Å². The zero-order valence-corrected chi connectivity index (χ0v) is 10.5. The summed E-state index contributed by atoms with van der Waals surface area (Å²) in [6, 6.07) is 5.16. The van der Waals surface area contributed by atoms with Crippen molar-refractivity contribution in [2.45, 2.75) is 39.0 Å². The van der Waals surface area contributed by atoms with Gasteiger partial charge in [-0.05, 0) is 39.0 Å². The summed E-state index contributed by atoms with van der Waals surface area (Å²) < 4.78 is 5.63. The largest absolute Gasteiger partial charge is 0.488 e. The van der Waals surface area contributed by atoms with E-state index >= 15 is 0 Å². The monoisotopic (exact) mass is 243 g/mol. The van der Waals surface area contributed by atoms with E-state index in [1.807, 2.05) is 13.8 Å². The van der Waals surface area contributed by atoms with E-state index in [0.717, 1.165) is 5.56 Å². The van der Waals surface area contributed by atoms with Crippen LogP contribution in [0.5, 0.6) is 5.75 Å². The highest BCUT2D eigenvalue weighted by Crippen LogP contribution is 2.28. The highest BCUT2D eigenvalue weighted by Gasteiger charge is 2.14. The molecule has 0 saturated carbocycles. The molecular weight excluding hydrogens is 226 g/mol. The molecule has 0 radical (unpaired) electrons. The van der Waals surface area contributed by atoms with E-state index in [1.165, 1.54) is 0 Å². The Bertz CT molecular complexity index is 353. The maximum Gasteiger partial charge on any atom is 0.124 e. The number of nitrogens with two attached hydrogens (primary N) is 1. The molecule has 0 aromatic heterocycles. The number of hydrogen-bond acceptors (Lipinski definition) is 3. The van der Waals surface area contributed by atoms with Crippen LogP contribution in [0.2, 0.25) is 5.02 Å². The first-order chi connectivity index (χ1) is 7.41. The third-order valence-electron chi connectivity index (χ3n) is 2.45. The van der Waals surface area contributed by atoms with Crippen molar-refractivity contribution in [1.29, 1.82) is 0 Å². The molecule has 0 aliphatic rings. The topological polar surface area (TPSA) is 55.5 Å². The van der Waals surface area contributed by atoms with Gasteiger partial charge in [0, 0.05) is 16.6 Å². The minimum absolute atomic E-state index is 0.158. The van der Waals surface area contributed by atoms with E-state index in [4.69, 9.17) is 22.1 Å². The first kappa shape index (κ1) is 13.3. The van der Waals surface area contributed by atoms with Gasteiger partial charge in [0.15, 0.2) is 0 Å². The van der Waals surface area contributed by atoms with E-state index < -0.39 is 6.10 Å². The summed E-state index contributed by atoms with van der Waals surface area (Å²) in [7, 11) is 0. The van der Waals surface area contributed by atoms with E-state index in [2.05, 4.69) is 0 Å². The summed E-state index contributed by atoms with van der Waals surface area (Å²) in [4.78, 5) is 0. The number of benzene rings is 1. The number of aliphatic hydroxyl groups excluding tert-OH is 1. The van der Waals surface area contributed by atoms with Crippen LogP contribution in [0.4, 0.5) is 0 Å². The molecule has 3 nitrogen and oxygen atoms in total. The van der Waals surface area contributed by atoms with Crippen molar-refractivity contribution in [3.05, 3.63) is 28.8 Å². The number of hydrogen-bond donors (Lipinski definition) is 2. The zero-order chi connectivity index (χ0) is 12.3. The summed E-state index contributed by atoms with van der Waals surface area (Å²) in [6.45, 7) is 5.36. The van der Waals surface area contributed by atoms with E-state index in [0.29, 0.717) is 10.8 Å². The Labute approximate surface area is 101 Å². The number of rotatable bonds is 4. The predicted octanol–water partition coefficient (Wildman–Crippen LogP) is 2.51. The summed E-state index contributed by atoms with van der Waals surface area (Å²) in [5.41, 5.74) is 6.68. The average molecular weight is 244 g/mol. The number of aliphatic hydroxyl groups is 1. The molecule has 1 aromatic carbocycles. The molecule has 0 saturated heterocycles. The van der Waals surface area contributed by atoms with Crippen LogP contribution >= 0.6 is 11.6 Å². The Hall–Kier alpha value is -0.770. The van der Waals surface area contributed by atoms with Crippen molar-refractivity contribution < 1.29 is 9.84 Å². The van der Waals surface area contributed by atoms with Crippen molar-refractivity contribution in [3.8, 4) is 5.75 Å². The van der Waals surface area contributed by atoms with E-state index in [-0.39, 0.29) is 12.1 Å². The fourth-order valence-corrected chi connectivity index (χ4v) is 1.46. The maximum absolute atomic E-state index is 9.38. The average Bonchev–Trinajstić information content (AvgIpc) is 2.20. The molecule has 0 bridgehead atoms. The molecule has 16 heavy (non-hydrogen) atoms. The second-order valence-corrected chi connectivity index (χ2v) is 4.47. The van der Waals surface area contributed by atoms with Gasteiger partial charge >= 0.3 is 0 Å². The van der Waals surface area contributed by atoms with E-state index in [1.54, 1.807) is 25.1 Å². The fraction of sp³-hybridized carbons (Fsp3) is 0.500. The lowest BCUT2D eigenvalue weighted by Crippen LogP contribution is -2.26. The van der Waals surface area contributed by atoms with Gasteiger partial charge in [-0.3, -0.25) is 0 Å². The first-order valence-electron chi connectivity index (χ1n) is 5.31. The second kappa shape index (κ2) is 5.53. The van der Waals surface area contributed by atoms with Gasteiger partial charge < -0.3 is 15.6 Å². The SMILES string of the molecule is CC(O)C(C)Oc1ccc(Cl)cc1[C@@H](C)N. The van der Waals surface area contributed by atoms with Crippen molar-refractivity contribution >= 4 is 11.6 Å². The van der Waals surface area contributed by atoms with Crippen LogP contribution in [-0.4, -0.2) is 17.3 Å². The molecule has 0 heterocycles. The summed E-state index contributed by atoms with van der Waals surface area (Å²) in [5, 5.41) is 10.0. The lowest BCUT2D eigenvalue weighted by atomic mass is 10.1. The van der Waals surface area contributed by atoms with Crippen molar-refractivity contribution in [3.63, 3.8) is 0 Å². The molecule has 0 aliphatic heterocycles. The van der Waals surface area contributed by atoms with Gasteiger partial charge in [0.25, 0.3) is 0 Å². The van der Waals surface area contributed by atoms with Crippen LogP contribution in [0.1, 0.15) is 32.4 Å². The van der Waals surface area contributed by atoms with Gasteiger partial charge in [-0.15, -0.1) is 0 Å². The second-order valence-electron chi connectivity index (χ2n) is 4.03. The van der Waals surface area contributed by atoms with Crippen LogP contribution in [0.25, 0.3) is 0 Å². The zero-order valence-electron chi connectivity index (χ0n) is 9.77. The molecule has 0 amide bonds. The number of halogens is 1. The minimum Gasteiger partial charge on any atom is -0.488 e. The van der Waals surface area contributed by atoms with Crippen LogP contribution in [-0.2, 0) is 0 Å². The van der Waals surface area contributed by atoms with Crippen LogP contribution in [0.15, 0.2) is 18.2 Å². The van der Waals surface area contributed by atoms with Crippen molar-refractivity contribution in [1.82, 2.24) is 0 Å². The van der Waals surface area contributed by atoms with Crippen molar-refractivity contribution in [2.75, 3.05) is 0 Å². The highest BCUT2D eigenvalue weighted by molar-refractivity contribution is 6.30. The molecule has 2 unspecified atom stereocenters. The molecule has 0 fully saturated rings. The predicted molar refractivity (Wildman–Crippen MR) is 65.8 cm³/mol. The Morgan fingerprint density at radius 3 is 2.44 bits per heavy atom. The highest BCUT2D eigenvalue weighted by atomic mass is 35.5. The Kier molecular flexibility index (Phi) is 4.59. The summed E-state index contributed by atoms with van der Waals surface area (Å²) in [5.74, 6) is 0.674. The lowest BCUT2D eigenvalue weighted by Gasteiger charge is -2.21. The number of ether oxygens (including phenoxy) is 1. The summed E-state index contributed by atoms with van der Waals surface area (Å²) in [6.07, 6.45) is -0.810. The maximum atomic E-state index is 9.38. The molecular formula is C12H18ClNO2. The van der Waals surface area contributed by atoms with Crippen LogP contribution < -0.4 is 10.5 Å². The third-order valence-corrected chi connectivity index (χ3v) is 2.69. The quantitative estimate of drug-likeness (QED) is 0.854. The van der Waals surface area contributed by atoms with Gasteiger partial charge in [-0.1, -0.05) is 11.6 Å². The molecule has 0 spiro atoms. The third kappa shape index (κ3) is 3.37. The van der Waals surface area contributed by atoms with Gasteiger partial charge in [-0.25, -0.2) is 0 Å². The molecule has 4 heteroatoms. The standard InChI is InChI=1S/C12H18ClNO2/c1-7(14)11-6-10(13)4-5-12(11)16-9(3)8(2)15/h4-9,15H,14H2,1-3H3/t7-,8?,9?/m1/s1. The molecule has 3 N–H and O–H groups in total.